The third-order valence-corrected chi connectivity index (χ3v) is 3.48. The fourth-order valence-electron chi connectivity index (χ4n) is 2.05. The molecule has 0 N–H and O–H groups in total. The summed E-state index contributed by atoms with van der Waals surface area (Å²) < 4.78 is 13.0. The fourth-order valence-corrected chi connectivity index (χ4v) is 2.05. The van der Waals surface area contributed by atoms with E-state index in [1.165, 1.54) is 17.7 Å². The maximum absolute atomic E-state index is 13.0. The number of carbonyl (C=O) groups is 1. The highest BCUT2D eigenvalue weighted by atomic mass is 19.1. The molecule has 0 saturated carbocycles. The molecule has 0 atom stereocenters. The van der Waals surface area contributed by atoms with Gasteiger partial charge in [-0.05, 0) is 61.2 Å². The molecule has 2 aromatic carbocycles. The second-order valence-electron chi connectivity index (χ2n) is 4.97. The minimum Gasteiger partial charge on any atom is -0.294 e. The Labute approximate surface area is 113 Å². The van der Waals surface area contributed by atoms with Gasteiger partial charge in [0.1, 0.15) is 5.82 Å². The first-order chi connectivity index (χ1) is 8.97. The minimum absolute atomic E-state index is 0.0674. The van der Waals surface area contributed by atoms with E-state index in [0.29, 0.717) is 12.0 Å². The van der Waals surface area contributed by atoms with Crippen molar-refractivity contribution in [3.05, 3.63) is 70.0 Å². The first-order valence-corrected chi connectivity index (χ1v) is 6.33. The van der Waals surface area contributed by atoms with Crippen LogP contribution in [-0.2, 0) is 6.42 Å². The number of rotatable bonds is 3. The molecule has 2 rings (SSSR count). The maximum atomic E-state index is 13.0. The minimum atomic E-state index is -0.264. The van der Waals surface area contributed by atoms with Crippen LogP contribution in [0.15, 0.2) is 36.4 Å². The van der Waals surface area contributed by atoms with Crippen LogP contribution in [0.3, 0.4) is 0 Å². The van der Waals surface area contributed by atoms with Crippen molar-refractivity contribution in [2.24, 2.45) is 0 Å². The fraction of sp³-hybridized carbons (Fsp3) is 0.235. The van der Waals surface area contributed by atoms with Gasteiger partial charge in [-0.2, -0.15) is 0 Å². The quantitative estimate of drug-likeness (QED) is 0.753. The summed E-state index contributed by atoms with van der Waals surface area (Å²) in [7, 11) is 0. The zero-order valence-electron chi connectivity index (χ0n) is 11.5. The van der Waals surface area contributed by atoms with Gasteiger partial charge in [0.25, 0.3) is 0 Å². The average Bonchev–Trinajstić information content (AvgIpc) is 2.36. The van der Waals surface area contributed by atoms with Gasteiger partial charge in [0.05, 0.1) is 0 Å². The summed E-state index contributed by atoms with van der Waals surface area (Å²) in [4.78, 5) is 12.2. The first-order valence-electron chi connectivity index (χ1n) is 6.33. The van der Waals surface area contributed by atoms with Crippen LogP contribution in [0.2, 0.25) is 0 Å². The molecular weight excluding hydrogens is 239 g/mol. The molecule has 0 aromatic heterocycles. The normalized spacial score (nSPS) is 10.5. The lowest BCUT2D eigenvalue weighted by atomic mass is 9.97. The lowest BCUT2D eigenvalue weighted by Crippen LogP contribution is -2.05. The lowest BCUT2D eigenvalue weighted by molar-refractivity contribution is 0.0992. The van der Waals surface area contributed by atoms with E-state index in [2.05, 4.69) is 0 Å². The second kappa shape index (κ2) is 5.35. The van der Waals surface area contributed by atoms with Gasteiger partial charge in [-0.3, -0.25) is 4.79 Å². The smallest absolute Gasteiger partial charge is 0.167 e. The lowest BCUT2D eigenvalue weighted by Gasteiger charge is -2.07. The summed E-state index contributed by atoms with van der Waals surface area (Å²) in [6, 6.07) is 10.3. The molecule has 0 heterocycles. The van der Waals surface area contributed by atoms with E-state index >= 15 is 0 Å². The molecule has 0 amide bonds. The highest BCUT2D eigenvalue weighted by Crippen LogP contribution is 2.15. The molecule has 0 bridgehead atoms. The predicted molar refractivity (Wildman–Crippen MR) is 75.1 cm³/mol. The van der Waals surface area contributed by atoms with Gasteiger partial charge in [0.2, 0.25) is 0 Å². The van der Waals surface area contributed by atoms with E-state index in [-0.39, 0.29) is 11.6 Å². The van der Waals surface area contributed by atoms with Crippen molar-refractivity contribution in [3.63, 3.8) is 0 Å². The van der Waals surface area contributed by atoms with E-state index in [1.807, 2.05) is 39.0 Å². The molecule has 0 fully saturated rings. The largest absolute Gasteiger partial charge is 0.294 e. The van der Waals surface area contributed by atoms with Crippen LogP contribution in [-0.4, -0.2) is 5.78 Å². The monoisotopic (exact) mass is 256 g/mol. The number of carbonyl (C=O) groups excluding carboxylic acids is 1. The van der Waals surface area contributed by atoms with Crippen molar-refractivity contribution in [3.8, 4) is 0 Å². The molecule has 2 aromatic rings. The summed E-state index contributed by atoms with van der Waals surface area (Å²) in [6.07, 6.45) is 0.314. The number of hydrogen-bond donors (Lipinski definition) is 0. The van der Waals surface area contributed by atoms with Gasteiger partial charge < -0.3 is 0 Å². The van der Waals surface area contributed by atoms with Gasteiger partial charge >= 0.3 is 0 Å². The number of benzene rings is 2. The van der Waals surface area contributed by atoms with Crippen LogP contribution < -0.4 is 0 Å². The summed E-state index contributed by atoms with van der Waals surface area (Å²) in [5.41, 5.74) is 4.70. The average molecular weight is 256 g/mol. The summed E-state index contributed by atoms with van der Waals surface area (Å²) in [5, 5.41) is 0. The van der Waals surface area contributed by atoms with Crippen LogP contribution in [0.4, 0.5) is 4.39 Å². The van der Waals surface area contributed by atoms with E-state index in [9.17, 15) is 9.18 Å². The van der Waals surface area contributed by atoms with Gasteiger partial charge in [0.15, 0.2) is 5.78 Å². The van der Waals surface area contributed by atoms with Crippen LogP contribution in [0, 0.1) is 26.6 Å². The number of hydrogen-bond acceptors (Lipinski definition) is 1. The van der Waals surface area contributed by atoms with Crippen LogP contribution in [0.5, 0.6) is 0 Å². The van der Waals surface area contributed by atoms with Crippen molar-refractivity contribution in [1.29, 1.82) is 0 Å². The molecule has 0 aliphatic rings. The zero-order valence-corrected chi connectivity index (χ0v) is 11.5. The van der Waals surface area contributed by atoms with E-state index in [1.54, 1.807) is 6.07 Å². The van der Waals surface area contributed by atoms with Crippen molar-refractivity contribution in [2.75, 3.05) is 0 Å². The number of Topliss-reactive ketones (excluding diaryl/α,β-unsaturated/α-hetero) is 1. The molecule has 0 saturated heterocycles. The predicted octanol–water partition coefficient (Wildman–Crippen LogP) is 4.18. The van der Waals surface area contributed by atoms with E-state index in [0.717, 1.165) is 16.7 Å². The molecule has 0 unspecified atom stereocenters. The molecule has 0 radical (unpaired) electrons. The number of halogens is 1. The Morgan fingerprint density at radius 2 is 1.68 bits per heavy atom. The van der Waals surface area contributed by atoms with Gasteiger partial charge in [-0.25, -0.2) is 4.39 Å². The Morgan fingerprint density at radius 1 is 0.947 bits per heavy atom. The Morgan fingerprint density at radius 3 is 2.32 bits per heavy atom. The van der Waals surface area contributed by atoms with Crippen molar-refractivity contribution >= 4 is 5.78 Å². The highest BCUT2D eigenvalue weighted by molar-refractivity contribution is 5.97. The highest BCUT2D eigenvalue weighted by Gasteiger charge is 2.10. The van der Waals surface area contributed by atoms with Crippen molar-refractivity contribution in [2.45, 2.75) is 27.2 Å². The Bertz CT molecular complexity index is 629. The van der Waals surface area contributed by atoms with E-state index < -0.39 is 0 Å². The van der Waals surface area contributed by atoms with Crippen molar-refractivity contribution in [1.82, 2.24) is 0 Å². The maximum Gasteiger partial charge on any atom is 0.167 e. The molecular formula is C17H17FO. The second-order valence-corrected chi connectivity index (χ2v) is 4.97. The zero-order chi connectivity index (χ0) is 14.0. The molecule has 1 nitrogen and oxygen atoms in total. The third-order valence-electron chi connectivity index (χ3n) is 3.48. The molecule has 0 aliphatic heterocycles. The van der Waals surface area contributed by atoms with Crippen LogP contribution >= 0.6 is 0 Å². The first kappa shape index (κ1) is 13.5. The summed E-state index contributed by atoms with van der Waals surface area (Å²) in [5.74, 6) is -0.197. The standard InChI is InChI=1S/C17H17FO/c1-11-4-5-15(8-12(11)2)17(19)10-14-6-7-16(18)9-13(14)3/h4-9H,10H2,1-3H3. The number of aryl methyl sites for hydroxylation is 3. The molecule has 98 valence electrons. The molecule has 2 heteroatoms. The van der Waals surface area contributed by atoms with E-state index in [4.69, 9.17) is 0 Å². The summed E-state index contributed by atoms with van der Waals surface area (Å²) in [6.45, 7) is 5.84. The Hall–Kier alpha value is -1.96. The van der Waals surface area contributed by atoms with Gasteiger partial charge in [-0.15, -0.1) is 0 Å². The molecule has 0 spiro atoms. The van der Waals surface area contributed by atoms with Crippen LogP contribution in [0.25, 0.3) is 0 Å². The Balaban J connectivity index is 2.23. The Kier molecular flexibility index (Phi) is 3.79. The van der Waals surface area contributed by atoms with Crippen molar-refractivity contribution < 1.29 is 9.18 Å². The topological polar surface area (TPSA) is 17.1 Å². The van der Waals surface area contributed by atoms with Gasteiger partial charge in [-0.1, -0.05) is 18.2 Å². The van der Waals surface area contributed by atoms with Crippen LogP contribution in [0.1, 0.15) is 32.6 Å². The van der Waals surface area contributed by atoms with Gasteiger partial charge in [0, 0.05) is 12.0 Å². The molecule has 0 aliphatic carbocycles. The molecule has 19 heavy (non-hydrogen) atoms. The SMILES string of the molecule is Cc1ccc(C(=O)Cc2ccc(F)cc2C)cc1C. The summed E-state index contributed by atoms with van der Waals surface area (Å²) >= 11 is 0. The third kappa shape index (κ3) is 3.08. The number of ketones is 1.